The van der Waals surface area contributed by atoms with Gasteiger partial charge in [0.15, 0.2) is 0 Å². The molecule has 0 aliphatic carbocycles. The fourth-order valence-corrected chi connectivity index (χ4v) is 2.32. The van der Waals surface area contributed by atoms with E-state index in [1.54, 1.807) is 11.3 Å². The Morgan fingerprint density at radius 2 is 2.16 bits per heavy atom. The van der Waals surface area contributed by atoms with E-state index < -0.39 is 0 Å². The normalized spacial score (nSPS) is 10.5. The summed E-state index contributed by atoms with van der Waals surface area (Å²) < 4.78 is 0. The lowest BCUT2D eigenvalue weighted by atomic mass is 10.4. The van der Waals surface area contributed by atoms with Gasteiger partial charge in [-0.25, -0.2) is 20.8 Å². The summed E-state index contributed by atoms with van der Waals surface area (Å²) >= 11 is 1.65. The molecule has 0 aliphatic heterocycles. The van der Waals surface area contributed by atoms with E-state index in [-0.39, 0.29) is 0 Å². The summed E-state index contributed by atoms with van der Waals surface area (Å²) in [6, 6.07) is 1.83. The van der Waals surface area contributed by atoms with Crippen LogP contribution in [0.1, 0.15) is 23.4 Å². The number of hydrazine groups is 1. The molecule has 2 aromatic rings. The molecule has 0 aromatic carbocycles. The molecular formula is C12H18N6S. The summed E-state index contributed by atoms with van der Waals surface area (Å²) in [5, 5.41) is 3.14. The van der Waals surface area contributed by atoms with Gasteiger partial charge in [-0.3, -0.25) is 0 Å². The number of hydrogen-bond donors (Lipinski definition) is 2. The SMILES string of the molecule is CCc1nc(NN)cc(N(C)Cc2csc(C)n2)n1. The Labute approximate surface area is 116 Å². The third-order valence-electron chi connectivity index (χ3n) is 2.68. The quantitative estimate of drug-likeness (QED) is 0.640. The van der Waals surface area contributed by atoms with Crippen LogP contribution >= 0.6 is 11.3 Å². The van der Waals surface area contributed by atoms with Crippen molar-refractivity contribution in [2.45, 2.75) is 26.8 Å². The Bertz CT molecular complexity index is 531. The second kappa shape index (κ2) is 5.94. The van der Waals surface area contributed by atoms with Crippen molar-refractivity contribution in [3.8, 4) is 0 Å². The second-order valence-electron chi connectivity index (χ2n) is 4.24. The first-order valence-corrected chi connectivity index (χ1v) is 6.97. The number of anilines is 2. The molecular weight excluding hydrogens is 260 g/mol. The Kier molecular flexibility index (Phi) is 4.28. The molecule has 0 unspecified atom stereocenters. The van der Waals surface area contributed by atoms with Crippen LogP contribution in [0.5, 0.6) is 0 Å². The molecule has 3 N–H and O–H groups in total. The third kappa shape index (κ3) is 3.39. The van der Waals surface area contributed by atoms with Crippen molar-refractivity contribution in [2.75, 3.05) is 17.4 Å². The van der Waals surface area contributed by atoms with Crippen molar-refractivity contribution in [3.05, 3.63) is 28.0 Å². The molecule has 6 nitrogen and oxygen atoms in total. The highest BCUT2D eigenvalue weighted by molar-refractivity contribution is 7.09. The van der Waals surface area contributed by atoms with Gasteiger partial charge in [0.05, 0.1) is 17.2 Å². The highest BCUT2D eigenvalue weighted by Gasteiger charge is 2.09. The van der Waals surface area contributed by atoms with E-state index in [2.05, 4.69) is 25.8 Å². The molecule has 19 heavy (non-hydrogen) atoms. The lowest BCUT2D eigenvalue weighted by molar-refractivity contribution is 0.842. The van der Waals surface area contributed by atoms with Gasteiger partial charge in [0, 0.05) is 24.9 Å². The summed E-state index contributed by atoms with van der Waals surface area (Å²) in [5.74, 6) is 7.67. The van der Waals surface area contributed by atoms with Gasteiger partial charge >= 0.3 is 0 Å². The minimum Gasteiger partial charge on any atom is -0.354 e. The minimum absolute atomic E-state index is 0.628. The van der Waals surface area contributed by atoms with Gasteiger partial charge in [0.25, 0.3) is 0 Å². The van der Waals surface area contributed by atoms with Crippen LogP contribution in [0.2, 0.25) is 0 Å². The van der Waals surface area contributed by atoms with Crippen LogP contribution in [0.3, 0.4) is 0 Å². The molecule has 2 aromatic heterocycles. The van der Waals surface area contributed by atoms with Gasteiger partial charge in [-0.15, -0.1) is 11.3 Å². The maximum Gasteiger partial charge on any atom is 0.145 e. The highest BCUT2D eigenvalue weighted by atomic mass is 32.1. The van der Waals surface area contributed by atoms with Crippen LogP contribution in [-0.4, -0.2) is 22.0 Å². The Morgan fingerprint density at radius 1 is 1.37 bits per heavy atom. The fourth-order valence-electron chi connectivity index (χ4n) is 1.72. The first kappa shape index (κ1) is 13.7. The number of nitrogen functional groups attached to an aromatic ring is 1. The molecule has 0 fully saturated rings. The van der Waals surface area contributed by atoms with Crippen LogP contribution in [0.25, 0.3) is 0 Å². The monoisotopic (exact) mass is 278 g/mol. The maximum absolute atomic E-state index is 5.43. The number of aromatic nitrogens is 3. The van der Waals surface area contributed by atoms with Crippen LogP contribution in [-0.2, 0) is 13.0 Å². The fraction of sp³-hybridized carbons (Fsp3) is 0.417. The van der Waals surface area contributed by atoms with Crippen LogP contribution in [0, 0.1) is 6.92 Å². The smallest absolute Gasteiger partial charge is 0.145 e. The van der Waals surface area contributed by atoms with E-state index in [0.29, 0.717) is 12.4 Å². The highest BCUT2D eigenvalue weighted by Crippen LogP contribution is 2.17. The molecule has 0 spiro atoms. The lowest BCUT2D eigenvalue weighted by Gasteiger charge is -2.18. The average molecular weight is 278 g/mol. The van der Waals surface area contributed by atoms with Gasteiger partial charge in [0.1, 0.15) is 17.5 Å². The molecule has 0 saturated carbocycles. The van der Waals surface area contributed by atoms with Crippen molar-refractivity contribution in [3.63, 3.8) is 0 Å². The van der Waals surface area contributed by atoms with Crippen molar-refractivity contribution < 1.29 is 0 Å². The predicted octanol–water partition coefficient (Wildman–Crippen LogP) is 1.73. The minimum atomic E-state index is 0.628. The summed E-state index contributed by atoms with van der Waals surface area (Å²) in [4.78, 5) is 15.3. The molecule has 0 atom stereocenters. The zero-order valence-corrected chi connectivity index (χ0v) is 12.2. The van der Waals surface area contributed by atoms with Crippen LogP contribution in [0.15, 0.2) is 11.4 Å². The molecule has 2 heterocycles. The summed E-state index contributed by atoms with van der Waals surface area (Å²) in [6.07, 6.45) is 0.770. The molecule has 2 rings (SSSR count). The van der Waals surface area contributed by atoms with E-state index >= 15 is 0 Å². The van der Waals surface area contributed by atoms with E-state index in [1.807, 2.05) is 31.9 Å². The molecule has 0 bridgehead atoms. The summed E-state index contributed by atoms with van der Waals surface area (Å²) in [7, 11) is 1.98. The van der Waals surface area contributed by atoms with E-state index in [0.717, 1.165) is 28.8 Å². The number of thiazole rings is 1. The zero-order valence-electron chi connectivity index (χ0n) is 11.3. The number of aryl methyl sites for hydroxylation is 2. The first-order valence-electron chi connectivity index (χ1n) is 6.09. The number of nitrogens with two attached hydrogens (primary N) is 1. The van der Waals surface area contributed by atoms with Crippen LogP contribution in [0.4, 0.5) is 11.6 Å². The molecule has 7 heteroatoms. The first-order chi connectivity index (χ1) is 9.12. The lowest BCUT2D eigenvalue weighted by Crippen LogP contribution is -2.20. The van der Waals surface area contributed by atoms with Crippen molar-refractivity contribution in [2.24, 2.45) is 5.84 Å². The topological polar surface area (TPSA) is 80.0 Å². The van der Waals surface area contributed by atoms with Crippen molar-refractivity contribution in [1.82, 2.24) is 15.0 Å². The Balaban J connectivity index is 2.20. The van der Waals surface area contributed by atoms with Crippen LogP contribution < -0.4 is 16.2 Å². The number of rotatable bonds is 5. The molecule has 102 valence electrons. The molecule has 0 radical (unpaired) electrons. The van der Waals surface area contributed by atoms with Gasteiger partial charge in [-0.05, 0) is 6.92 Å². The van der Waals surface area contributed by atoms with Gasteiger partial charge in [0.2, 0.25) is 0 Å². The summed E-state index contributed by atoms with van der Waals surface area (Å²) in [6.45, 7) is 4.74. The van der Waals surface area contributed by atoms with Gasteiger partial charge in [-0.2, -0.15) is 0 Å². The van der Waals surface area contributed by atoms with E-state index in [4.69, 9.17) is 5.84 Å². The molecule has 0 aliphatic rings. The van der Waals surface area contributed by atoms with Gasteiger partial charge in [-0.1, -0.05) is 6.92 Å². The number of hydrogen-bond acceptors (Lipinski definition) is 7. The maximum atomic E-state index is 5.43. The standard InChI is InChI=1S/C12H18N6S/c1-4-10-15-11(17-13)5-12(16-10)18(3)6-9-7-19-8(2)14-9/h5,7H,4,6,13H2,1-3H3,(H,15,16,17). The number of nitrogens with zero attached hydrogens (tertiary/aromatic N) is 4. The van der Waals surface area contributed by atoms with Gasteiger partial charge < -0.3 is 10.3 Å². The van der Waals surface area contributed by atoms with E-state index in [1.165, 1.54) is 0 Å². The zero-order chi connectivity index (χ0) is 13.8. The third-order valence-corrected chi connectivity index (χ3v) is 3.50. The summed E-state index contributed by atoms with van der Waals surface area (Å²) in [5.41, 5.74) is 3.62. The second-order valence-corrected chi connectivity index (χ2v) is 5.30. The largest absolute Gasteiger partial charge is 0.354 e. The Hall–Kier alpha value is -1.73. The average Bonchev–Trinajstić information content (AvgIpc) is 2.83. The number of nitrogens with one attached hydrogen (secondary N) is 1. The Morgan fingerprint density at radius 3 is 2.74 bits per heavy atom. The van der Waals surface area contributed by atoms with Crippen molar-refractivity contribution in [1.29, 1.82) is 0 Å². The molecule has 0 saturated heterocycles. The van der Waals surface area contributed by atoms with Crippen molar-refractivity contribution >= 4 is 23.0 Å². The van der Waals surface area contributed by atoms with E-state index in [9.17, 15) is 0 Å². The molecule has 0 amide bonds. The predicted molar refractivity (Wildman–Crippen MR) is 78.2 cm³/mol.